The Morgan fingerprint density at radius 2 is 2.35 bits per heavy atom. The topological polar surface area (TPSA) is 46.4 Å². The van der Waals surface area contributed by atoms with E-state index in [-0.39, 0.29) is 5.91 Å². The van der Waals surface area contributed by atoms with Crippen molar-refractivity contribution in [2.75, 3.05) is 18.4 Å². The maximum Gasteiger partial charge on any atom is 0.267 e. The number of thiazole rings is 1. The van der Waals surface area contributed by atoms with Gasteiger partial charge in [0, 0.05) is 6.42 Å². The number of aromatic nitrogens is 1. The van der Waals surface area contributed by atoms with E-state index in [2.05, 4.69) is 33.2 Å². The zero-order valence-corrected chi connectivity index (χ0v) is 14.3. The molecule has 106 valence electrons. The van der Waals surface area contributed by atoms with Crippen LogP contribution in [0.2, 0.25) is 0 Å². The van der Waals surface area contributed by atoms with Gasteiger partial charge in [0.1, 0.15) is 6.54 Å². The minimum atomic E-state index is -0.0773. The third-order valence-corrected chi connectivity index (χ3v) is 6.06. The number of fused-ring (bicyclic) bond motifs is 1. The van der Waals surface area contributed by atoms with Gasteiger partial charge >= 0.3 is 0 Å². The molecule has 2 aromatic heterocycles. The van der Waals surface area contributed by atoms with Gasteiger partial charge < -0.3 is 4.90 Å². The molecule has 20 heavy (non-hydrogen) atoms. The minimum Gasteiger partial charge on any atom is -0.330 e. The number of nitrogens with one attached hydrogen (secondary N) is 2. The molecule has 0 radical (unpaired) electrons. The number of amides is 1. The Kier molecular flexibility index (Phi) is 4.21. The van der Waals surface area contributed by atoms with Crippen LogP contribution in [0.4, 0.5) is 5.13 Å². The van der Waals surface area contributed by atoms with Crippen LogP contribution in [0.15, 0.2) is 15.9 Å². The van der Waals surface area contributed by atoms with Crippen molar-refractivity contribution in [3.63, 3.8) is 0 Å². The molecule has 0 spiro atoms. The summed E-state index contributed by atoms with van der Waals surface area (Å²) in [6.45, 7) is 5.52. The number of thiophene rings is 1. The van der Waals surface area contributed by atoms with Crippen LogP contribution in [0.5, 0.6) is 0 Å². The van der Waals surface area contributed by atoms with E-state index >= 15 is 0 Å². The summed E-state index contributed by atoms with van der Waals surface area (Å²) >= 11 is 6.41. The zero-order chi connectivity index (χ0) is 14.1. The summed E-state index contributed by atoms with van der Waals surface area (Å²) in [5.41, 5.74) is 1.16. The van der Waals surface area contributed by atoms with Crippen molar-refractivity contribution in [2.45, 2.75) is 19.9 Å². The van der Waals surface area contributed by atoms with Gasteiger partial charge in [-0.3, -0.25) is 10.1 Å². The van der Waals surface area contributed by atoms with Crippen LogP contribution >= 0.6 is 38.6 Å². The molecule has 1 amide bonds. The van der Waals surface area contributed by atoms with E-state index in [0.29, 0.717) is 4.88 Å². The Morgan fingerprint density at radius 1 is 1.50 bits per heavy atom. The van der Waals surface area contributed by atoms with E-state index in [1.54, 1.807) is 16.2 Å². The van der Waals surface area contributed by atoms with Gasteiger partial charge in [-0.05, 0) is 35.0 Å². The van der Waals surface area contributed by atoms with Crippen LogP contribution in [-0.4, -0.2) is 24.0 Å². The first kappa shape index (κ1) is 14.2. The summed E-state index contributed by atoms with van der Waals surface area (Å²) in [6.07, 6.45) is 1.01. The fraction of sp³-hybridized carbons (Fsp3) is 0.385. The third kappa shape index (κ3) is 2.95. The molecular weight excluding hydrogens is 358 g/mol. The van der Waals surface area contributed by atoms with E-state index in [0.717, 1.165) is 40.7 Å². The lowest BCUT2D eigenvalue weighted by molar-refractivity contribution is -0.913. The van der Waals surface area contributed by atoms with Gasteiger partial charge in [0.05, 0.1) is 32.3 Å². The Hall–Kier alpha value is -0.760. The normalized spacial score (nSPS) is 17.8. The van der Waals surface area contributed by atoms with E-state index in [1.807, 2.05) is 12.1 Å². The molecule has 0 aromatic carbocycles. The molecule has 1 atom stereocenters. The highest BCUT2D eigenvalue weighted by molar-refractivity contribution is 9.11. The monoisotopic (exact) mass is 372 g/mol. The van der Waals surface area contributed by atoms with Crippen molar-refractivity contribution in [1.82, 2.24) is 4.98 Å². The van der Waals surface area contributed by atoms with Gasteiger partial charge in [0.25, 0.3) is 5.91 Å². The van der Waals surface area contributed by atoms with Crippen molar-refractivity contribution >= 4 is 49.6 Å². The number of hydrogen-bond acceptors (Lipinski definition) is 4. The van der Waals surface area contributed by atoms with E-state index in [9.17, 15) is 4.79 Å². The second-order valence-electron chi connectivity index (χ2n) is 4.73. The summed E-state index contributed by atoms with van der Waals surface area (Å²) in [7, 11) is 0. The molecule has 0 fully saturated rings. The molecule has 0 aliphatic carbocycles. The van der Waals surface area contributed by atoms with Crippen LogP contribution in [0.25, 0.3) is 0 Å². The molecule has 3 heterocycles. The summed E-state index contributed by atoms with van der Waals surface area (Å²) in [5.74, 6) is -0.0773. The minimum absolute atomic E-state index is 0.0773. The predicted octanol–water partition coefficient (Wildman–Crippen LogP) is 2.18. The highest BCUT2D eigenvalue weighted by Gasteiger charge is 2.23. The van der Waals surface area contributed by atoms with Gasteiger partial charge in [-0.25, -0.2) is 4.98 Å². The summed E-state index contributed by atoms with van der Waals surface area (Å²) in [4.78, 5) is 20.3. The number of nitrogens with zero attached hydrogens (tertiary/aromatic N) is 1. The van der Waals surface area contributed by atoms with Gasteiger partial charge in [0.15, 0.2) is 5.13 Å². The van der Waals surface area contributed by atoms with Crippen LogP contribution in [0.3, 0.4) is 0 Å². The third-order valence-electron chi connectivity index (χ3n) is 3.42. The Balaban J connectivity index is 1.73. The SMILES string of the molecule is CC[NH+]1CCc2nc(NC(=O)c3ccc(Br)s3)sc2C1. The van der Waals surface area contributed by atoms with E-state index in [4.69, 9.17) is 0 Å². The number of carbonyl (C=O) groups excluding carboxylic acids is 1. The number of carbonyl (C=O) groups is 1. The molecular formula is C13H15BrN3OS2+. The number of halogens is 1. The standard InChI is InChI=1S/C13H14BrN3OS2/c1-2-17-6-5-8-10(7-17)20-13(15-8)16-12(18)9-3-4-11(14)19-9/h3-4H,2,5-7H2,1H3,(H,15,16,18)/p+1. The van der Waals surface area contributed by atoms with Crippen LogP contribution in [0, 0.1) is 0 Å². The molecule has 2 N–H and O–H groups in total. The highest BCUT2D eigenvalue weighted by atomic mass is 79.9. The smallest absolute Gasteiger partial charge is 0.267 e. The van der Waals surface area contributed by atoms with Gasteiger partial charge in [0.2, 0.25) is 0 Å². The first-order valence-electron chi connectivity index (χ1n) is 6.54. The van der Waals surface area contributed by atoms with Crippen molar-refractivity contribution in [1.29, 1.82) is 0 Å². The lowest BCUT2D eigenvalue weighted by Crippen LogP contribution is -3.11. The first-order chi connectivity index (χ1) is 9.65. The zero-order valence-electron chi connectivity index (χ0n) is 11.0. The quantitative estimate of drug-likeness (QED) is 0.867. The Morgan fingerprint density at radius 3 is 3.05 bits per heavy atom. The first-order valence-corrected chi connectivity index (χ1v) is 8.97. The molecule has 1 unspecified atom stereocenters. The van der Waals surface area contributed by atoms with Gasteiger partial charge in [-0.15, -0.1) is 11.3 Å². The van der Waals surface area contributed by atoms with Crippen LogP contribution in [0.1, 0.15) is 27.2 Å². The molecule has 2 aromatic rings. The second-order valence-corrected chi connectivity index (χ2v) is 8.27. The maximum absolute atomic E-state index is 12.1. The number of quaternary nitrogens is 1. The van der Waals surface area contributed by atoms with E-state index in [1.165, 1.54) is 16.2 Å². The second kappa shape index (κ2) is 5.93. The van der Waals surface area contributed by atoms with Crippen molar-refractivity contribution in [2.24, 2.45) is 0 Å². The number of anilines is 1. The van der Waals surface area contributed by atoms with E-state index < -0.39 is 0 Å². The number of hydrogen-bond donors (Lipinski definition) is 2. The maximum atomic E-state index is 12.1. The fourth-order valence-electron chi connectivity index (χ4n) is 2.28. The lowest BCUT2D eigenvalue weighted by Gasteiger charge is -2.20. The molecule has 3 rings (SSSR count). The Bertz CT molecular complexity index is 637. The molecule has 0 bridgehead atoms. The average molecular weight is 373 g/mol. The predicted molar refractivity (Wildman–Crippen MR) is 85.9 cm³/mol. The van der Waals surface area contributed by atoms with Gasteiger partial charge in [-0.2, -0.15) is 0 Å². The summed E-state index contributed by atoms with van der Waals surface area (Å²) in [5, 5.41) is 3.63. The fourth-order valence-corrected chi connectivity index (χ4v) is 4.63. The molecule has 0 saturated heterocycles. The molecule has 4 nitrogen and oxygen atoms in total. The van der Waals surface area contributed by atoms with Crippen molar-refractivity contribution < 1.29 is 9.69 Å². The Labute approximate surface area is 134 Å². The summed E-state index contributed by atoms with van der Waals surface area (Å²) < 4.78 is 0.961. The summed E-state index contributed by atoms with van der Waals surface area (Å²) in [6, 6.07) is 3.70. The molecule has 0 saturated carbocycles. The van der Waals surface area contributed by atoms with Gasteiger partial charge in [-0.1, -0.05) is 11.3 Å². The average Bonchev–Trinajstić information content (AvgIpc) is 3.03. The van der Waals surface area contributed by atoms with Crippen molar-refractivity contribution in [3.8, 4) is 0 Å². The van der Waals surface area contributed by atoms with Crippen LogP contribution in [-0.2, 0) is 13.0 Å². The molecule has 7 heteroatoms. The lowest BCUT2D eigenvalue weighted by atomic mass is 10.2. The number of rotatable bonds is 3. The van der Waals surface area contributed by atoms with Crippen LogP contribution < -0.4 is 10.2 Å². The molecule has 1 aliphatic heterocycles. The van der Waals surface area contributed by atoms with Crippen molar-refractivity contribution in [3.05, 3.63) is 31.4 Å². The molecule has 1 aliphatic rings. The largest absolute Gasteiger partial charge is 0.330 e. The number of likely N-dealkylation sites (N-methyl/N-ethyl adjacent to an activating group) is 1. The highest BCUT2D eigenvalue weighted by Crippen LogP contribution is 2.26.